The monoisotopic (exact) mass is 376 g/mol. The summed E-state index contributed by atoms with van der Waals surface area (Å²) in [4.78, 5) is 21.5. The fourth-order valence-electron chi connectivity index (χ4n) is 1.76. The van der Waals surface area contributed by atoms with Gasteiger partial charge in [-0.25, -0.2) is 22.0 Å². The Bertz CT molecular complexity index is 814. The summed E-state index contributed by atoms with van der Waals surface area (Å²) >= 11 is 0.163. The molecule has 25 heavy (non-hydrogen) atoms. The Morgan fingerprint density at radius 2 is 1.36 bits per heavy atom. The molecule has 132 valence electrons. The zero-order chi connectivity index (χ0) is 18.7. The molecule has 0 atom stereocenters. The zero-order valence-electron chi connectivity index (χ0n) is 12.2. The molecule has 2 aromatic carbocycles. The van der Waals surface area contributed by atoms with Crippen LogP contribution in [0.2, 0.25) is 0 Å². The number of halogens is 5. The summed E-state index contributed by atoms with van der Waals surface area (Å²) in [6.07, 6.45) is 0. The summed E-state index contributed by atoms with van der Waals surface area (Å²) in [5.41, 5.74) is 5.51. The lowest BCUT2D eigenvalue weighted by molar-refractivity contribution is -0.113. The molecule has 0 heterocycles. The van der Waals surface area contributed by atoms with E-state index < -0.39 is 51.5 Å². The molecule has 0 saturated heterocycles. The number of amides is 2. The van der Waals surface area contributed by atoms with Gasteiger partial charge in [0.25, 0.3) is 0 Å². The first-order valence-electron chi connectivity index (χ1n) is 6.56. The quantitative estimate of drug-likeness (QED) is 0.364. The average molecular weight is 376 g/mol. The molecule has 0 unspecified atom stereocenters. The lowest BCUT2D eigenvalue weighted by atomic mass is 10.2. The molecular weight excluding hydrogens is 367 g/mol. The third-order valence-electron chi connectivity index (χ3n) is 2.97. The average Bonchev–Trinajstić information content (AvgIpc) is 2.58. The van der Waals surface area contributed by atoms with Gasteiger partial charge in [-0.05, 0) is 24.3 Å². The van der Waals surface area contributed by atoms with Crippen molar-refractivity contribution in [3.05, 3.63) is 58.9 Å². The normalized spacial score (nSPS) is 10.6. The van der Waals surface area contributed by atoms with E-state index >= 15 is 0 Å². The van der Waals surface area contributed by atoms with Gasteiger partial charge >= 0.3 is 0 Å². The Morgan fingerprint density at radius 3 is 1.84 bits per heavy atom. The van der Waals surface area contributed by atoms with E-state index in [9.17, 15) is 31.5 Å². The molecule has 0 aliphatic carbocycles. The van der Waals surface area contributed by atoms with E-state index in [0.717, 1.165) is 0 Å². The van der Waals surface area contributed by atoms with Crippen LogP contribution in [0.25, 0.3) is 0 Å². The molecule has 0 aliphatic rings. The molecule has 3 N–H and O–H groups in total. The SMILES string of the molecule is NC(=O)c1ccc(NC(=O)CSc2c(F)c(F)c(F)c(F)c2F)cc1. The number of nitrogens with one attached hydrogen (secondary N) is 1. The van der Waals surface area contributed by atoms with Crippen LogP contribution >= 0.6 is 11.8 Å². The van der Waals surface area contributed by atoms with Crippen molar-refractivity contribution in [3.8, 4) is 0 Å². The number of carbonyl (C=O) groups is 2. The molecule has 2 aromatic rings. The van der Waals surface area contributed by atoms with Crippen molar-refractivity contribution in [1.82, 2.24) is 0 Å². The highest BCUT2D eigenvalue weighted by Crippen LogP contribution is 2.30. The number of hydrogen-bond acceptors (Lipinski definition) is 3. The molecular formula is C15H9F5N2O2S. The number of primary amides is 1. The van der Waals surface area contributed by atoms with Crippen LogP contribution in [-0.2, 0) is 4.79 Å². The van der Waals surface area contributed by atoms with E-state index in [1.165, 1.54) is 24.3 Å². The first-order valence-corrected chi connectivity index (χ1v) is 7.55. The van der Waals surface area contributed by atoms with Crippen molar-refractivity contribution in [1.29, 1.82) is 0 Å². The standard InChI is InChI=1S/C15H9F5N2O2S/c16-9-10(17)12(19)14(13(20)11(9)18)25-5-8(23)22-7-3-1-6(2-4-7)15(21)24/h1-4H,5H2,(H2,21,24)(H,22,23). The molecule has 10 heteroatoms. The Hall–Kier alpha value is -2.62. The smallest absolute Gasteiger partial charge is 0.248 e. The first-order chi connectivity index (χ1) is 11.7. The predicted molar refractivity (Wildman–Crippen MR) is 80.5 cm³/mol. The van der Waals surface area contributed by atoms with E-state index in [0.29, 0.717) is 0 Å². The second-order valence-electron chi connectivity index (χ2n) is 4.68. The molecule has 2 rings (SSSR count). The van der Waals surface area contributed by atoms with E-state index in [4.69, 9.17) is 5.73 Å². The van der Waals surface area contributed by atoms with E-state index in [1.54, 1.807) is 0 Å². The molecule has 0 aromatic heterocycles. The van der Waals surface area contributed by atoms with E-state index in [-0.39, 0.29) is 23.0 Å². The number of thioether (sulfide) groups is 1. The van der Waals surface area contributed by atoms with Gasteiger partial charge in [0, 0.05) is 11.3 Å². The topological polar surface area (TPSA) is 72.2 Å². The Balaban J connectivity index is 2.07. The van der Waals surface area contributed by atoms with Crippen LogP contribution in [0.5, 0.6) is 0 Å². The Labute approximate surface area is 142 Å². The summed E-state index contributed by atoms with van der Waals surface area (Å²) in [6, 6.07) is 5.41. The number of benzene rings is 2. The molecule has 0 fully saturated rings. The van der Waals surface area contributed by atoms with Crippen molar-refractivity contribution >= 4 is 29.3 Å². The molecule has 0 aliphatic heterocycles. The van der Waals surface area contributed by atoms with Crippen LogP contribution < -0.4 is 11.1 Å². The van der Waals surface area contributed by atoms with Crippen molar-refractivity contribution in [2.45, 2.75) is 4.90 Å². The number of carbonyl (C=O) groups excluding carboxylic acids is 2. The Morgan fingerprint density at radius 1 is 0.880 bits per heavy atom. The number of rotatable bonds is 5. The lowest BCUT2D eigenvalue weighted by Gasteiger charge is -2.08. The van der Waals surface area contributed by atoms with Crippen LogP contribution in [0.3, 0.4) is 0 Å². The van der Waals surface area contributed by atoms with Gasteiger partial charge in [-0.15, -0.1) is 11.8 Å². The van der Waals surface area contributed by atoms with Gasteiger partial charge in [0.05, 0.1) is 10.6 Å². The summed E-state index contributed by atoms with van der Waals surface area (Å²) in [7, 11) is 0. The third-order valence-corrected chi connectivity index (χ3v) is 4.02. The van der Waals surface area contributed by atoms with E-state index in [1.807, 2.05) is 0 Å². The predicted octanol–water partition coefficient (Wildman–Crippen LogP) is 3.21. The highest BCUT2D eigenvalue weighted by atomic mass is 32.2. The highest BCUT2D eigenvalue weighted by molar-refractivity contribution is 8.00. The van der Waals surface area contributed by atoms with Gasteiger partial charge in [0.15, 0.2) is 23.3 Å². The maximum atomic E-state index is 13.5. The fraction of sp³-hybridized carbons (Fsp3) is 0.0667. The molecule has 4 nitrogen and oxygen atoms in total. The minimum absolute atomic E-state index is 0.163. The van der Waals surface area contributed by atoms with Crippen molar-refractivity contribution < 1.29 is 31.5 Å². The van der Waals surface area contributed by atoms with Gasteiger partial charge < -0.3 is 11.1 Å². The van der Waals surface area contributed by atoms with Crippen LogP contribution in [0.15, 0.2) is 29.2 Å². The third kappa shape index (κ3) is 4.08. The number of nitrogens with two attached hydrogens (primary N) is 1. The largest absolute Gasteiger partial charge is 0.366 e. The first kappa shape index (κ1) is 18.7. The molecule has 2 amide bonds. The minimum Gasteiger partial charge on any atom is -0.366 e. The number of anilines is 1. The van der Waals surface area contributed by atoms with Gasteiger partial charge in [-0.3, -0.25) is 9.59 Å². The van der Waals surface area contributed by atoms with Gasteiger partial charge in [-0.2, -0.15) is 0 Å². The lowest BCUT2D eigenvalue weighted by Crippen LogP contribution is -2.15. The Kier molecular flexibility index (Phi) is 5.62. The molecule has 0 radical (unpaired) electrons. The maximum absolute atomic E-state index is 13.5. The molecule has 0 saturated carbocycles. The van der Waals surface area contributed by atoms with Crippen LogP contribution in [-0.4, -0.2) is 17.6 Å². The number of hydrogen-bond donors (Lipinski definition) is 2. The minimum atomic E-state index is -2.27. The van der Waals surface area contributed by atoms with E-state index in [2.05, 4.69) is 5.32 Å². The zero-order valence-corrected chi connectivity index (χ0v) is 13.0. The maximum Gasteiger partial charge on any atom is 0.248 e. The molecule has 0 bridgehead atoms. The van der Waals surface area contributed by atoms with Gasteiger partial charge in [0.1, 0.15) is 0 Å². The second-order valence-corrected chi connectivity index (χ2v) is 5.66. The summed E-state index contributed by atoms with van der Waals surface area (Å²) in [5, 5.41) is 2.34. The van der Waals surface area contributed by atoms with Crippen LogP contribution in [0.4, 0.5) is 27.6 Å². The van der Waals surface area contributed by atoms with Gasteiger partial charge in [-0.1, -0.05) is 0 Å². The molecule has 0 spiro atoms. The summed E-state index contributed by atoms with van der Waals surface area (Å²) in [5.74, 6) is -12.4. The summed E-state index contributed by atoms with van der Waals surface area (Å²) < 4.78 is 66.0. The van der Waals surface area contributed by atoms with Crippen molar-refractivity contribution in [3.63, 3.8) is 0 Å². The van der Waals surface area contributed by atoms with Gasteiger partial charge in [0.2, 0.25) is 17.6 Å². The fourth-order valence-corrected chi connectivity index (χ4v) is 2.54. The van der Waals surface area contributed by atoms with Crippen molar-refractivity contribution in [2.24, 2.45) is 5.73 Å². The highest BCUT2D eigenvalue weighted by Gasteiger charge is 2.26. The van der Waals surface area contributed by atoms with Crippen LogP contribution in [0.1, 0.15) is 10.4 Å². The summed E-state index contributed by atoms with van der Waals surface area (Å²) in [6.45, 7) is 0. The second kappa shape index (κ2) is 7.51. The van der Waals surface area contributed by atoms with Crippen molar-refractivity contribution in [2.75, 3.05) is 11.1 Å². The van der Waals surface area contributed by atoms with Crippen LogP contribution in [0, 0.1) is 29.1 Å².